The third-order valence-electron chi connectivity index (χ3n) is 4.76. The number of nitrogens with one attached hydrogen (secondary N) is 1. The first kappa shape index (κ1) is 19.1. The maximum Gasteiger partial charge on any atom is 0.258 e. The van der Waals surface area contributed by atoms with E-state index in [1.807, 2.05) is 54.7 Å². The van der Waals surface area contributed by atoms with E-state index < -0.39 is 0 Å². The van der Waals surface area contributed by atoms with Crippen LogP contribution in [0.2, 0.25) is 0 Å². The van der Waals surface area contributed by atoms with Gasteiger partial charge in [0.2, 0.25) is 0 Å². The van der Waals surface area contributed by atoms with Crippen molar-refractivity contribution in [3.05, 3.63) is 54.7 Å². The summed E-state index contributed by atoms with van der Waals surface area (Å²) in [6.45, 7) is 2.08. The molecule has 2 heterocycles. The molecule has 0 bridgehead atoms. The van der Waals surface area contributed by atoms with Crippen molar-refractivity contribution < 1.29 is 23.7 Å². The molecule has 29 heavy (non-hydrogen) atoms. The van der Waals surface area contributed by atoms with Crippen LogP contribution in [0, 0.1) is 0 Å². The molecule has 0 saturated carbocycles. The molecule has 1 aliphatic rings. The number of ether oxygens (including phenoxy) is 4. The Morgan fingerprint density at radius 3 is 2.90 bits per heavy atom. The third kappa shape index (κ3) is 4.46. The summed E-state index contributed by atoms with van der Waals surface area (Å²) in [5, 5.41) is 3.81. The molecule has 1 atom stereocenters. The van der Waals surface area contributed by atoms with Gasteiger partial charge in [-0.2, -0.15) is 0 Å². The van der Waals surface area contributed by atoms with Crippen LogP contribution in [0.4, 0.5) is 0 Å². The van der Waals surface area contributed by atoms with Gasteiger partial charge in [0.25, 0.3) is 5.91 Å². The van der Waals surface area contributed by atoms with Crippen molar-refractivity contribution in [1.82, 2.24) is 9.88 Å². The zero-order valence-electron chi connectivity index (χ0n) is 16.3. The summed E-state index contributed by atoms with van der Waals surface area (Å²) in [4.78, 5) is 12.2. The summed E-state index contributed by atoms with van der Waals surface area (Å²) in [7, 11) is 1.68. The molecule has 2 aromatic carbocycles. The van der Waals surface area contributed by atoms with Gasteiger partial charge in [0.15, 0.2) is 18.1 Å². The maximum atomic E-state index is 12.2. The fraction of sp³-hybridized carbons (Fsp3) is 0.318. The minimum Gasteiger partial charge on any atom is -0.486 e. The van der Waals surface area contributed by atoms with Crippen molar-refractivity contribution in [1.29, 1.82) is 0 Å². The number of nitrogens with zero attached hydrogens (tertiary/aromatic N) is 1. The number of aromatic nitrogens is 1. The highest BCUT2D eigenvalue weighted by Gasteiger charge is 2.21. The standard InChI is InChI=1S/C22H24N2O5/c1-26-12-11-24-10-9-17-18(24)5-4-8-19(17)28-15-22(25)23-13-16-14-27-20-6-2-3-7-21(20)29-16/h2-10,16H,11-15H2,1H3,(H,23,25)/t16-/m1/s1. The minimum atomic E-state index is -0.230. The summed E-state index contributed by atoms with van der Waals surface area (Å²) in [5.41, 5.74) is 1.05. The van der Waals surface area contributed by atoms with E-state index in [1.54, 1.807) is 7.11 Å². The molecule has 0 fully saturated rings. The van der Waals surface area contributed by atoms with Gasteiger partial charge in [-0.3, -0.25) is 4.79 Å². The molecule has 1 aliphatic heterocycles. The lowest BCUT2D eigenvalue weighted by Crippen LogP contribution is -2.42. The Hall–Kier alpha value is -3.19. The van der Waals surface area contributed by atoms with E-state index in [4.69, 9.17) is 18.9 Å². The molecular formula is C22H24N2O5. The molecule has 0 aliphatic carbocycles. The Morgan fingerprint density at radius 2 is 2.03 bits per heavy atom. The van der Waals surface area contributed by atoms with Crippen molar-refractivity contribution in [3.63, 3.8) is 0 Å². The van der Waals surface area contributed by atoms with Gasteiger partial charge in [-0.25, -0.2) is 0 Å². The van der Waals surface area contributed by atoms with Gasteiger partial charge < -0.3 is 28.8 Å². The van der Waals surface area contributed by atoms with E-state index in [2.05, 4.69) is 9.88 Å². The van der Waals surface area contributed by atoms with E-state index in [0.717, 1.165) is 23.2 Å². The van der Waals surface area contributed by atoms with Crippen LogP contribution in [0.25, 0.3) is 10.9 Å². The topological polar surface area (TPSA) is 71.0 Å². The average Bonchev–Trinajstić information content (AvgIpc) is 3.18. The van der Waals surface area contributed by atoms with Gasteiger partial charge in [0.05, 0.1) is 18.7 Å². The highest BCUT2D eigenvalue weighted by atomic mass is 16.6. The second-order valence-electron chi connectivity index (χ2n) is 6.78. The van der Waals surface area contributed by atoms with Crippen LogP contribution in [-0.2, 0) is 16.1 Å². The number of methoxy groups -OCH3 is 1. The van der Waals surface area contributed by atoms with Crippen molar-refractivity contribution in [3.8, 4) is 17.2 Å². The lowest BCUT2D eigenvalue weighted by atomic mass is 10.2. The number of carbonyl (C=O) groups excluding carboxylic acids is 1. The second-order valence-corrected chi connectivity index (χ2v) is 6.78. The number of amides is 1. The van der Waals surface area contributed by atoms with Gasteiger partial charge in [-0.1, -0.05) is 18.2 Å². The molecule has 7 heteroatoms. The summed E-state index contributed by atoms with van der Waals surface area (Å²) in [6, 6.07) is 15.3. The smallest absolute Gasteiger partial charge is 0.258 e. The zero-order chi connectivity index (χ0) is 20.1. The number of rotatable bonds is 8. The molecule has 1 N–H and O–H groups in total. The molecule has 1 aromatic heterocycles. The first-order valence-corrected chi connectivity index (χ1v) is 9.59. The van der Waals surface area contributed by atoms with Crippen LogP contribution in [0.5, 0.6) is 17.2 Å². The highest BCUT2D eigenvalue weighted by Crippen LogP contribution is 2.30. The van der Waals surface area contributed by atoms with Gasteiger partial charge in [-0.15, -0.1) is 0 Å². The predicted molar refractivity (Wildman–Crippen MR) is 109 cm³/mol. The minimum absolute atomic E-state index is 0.0630. The molecule has 1 amide bonds. The SMILES string of the molecule is COCCn1ccc2c(OCC(=O)NC[C@@H]3COc4ccccc4O3)cccc21. The van der Waals surface area contributed by atoms with Gasteiger partial charge in [0.1, 0.15) is 18.5 Å². The van der Waals surface area contributed by atoms with E-state index >= 15 is 0 Å². The molecule has 4 rings (SSSR count). The number of hydrogen-bond acceptors (Lipinski definition) is 5. The summed E-state index contributed by atoms with van der Waals surface area (Å²) < 4.78 is 24.5. The van der Waals surface area contributed by atoms with Gasteiger partial charge >= 0.3 is 0 Å². The first-order valence-electron chi connectivity index (χ1n) is 9.59. The fourth-order valence-electron chi connectivity index (χ4n) is 3.29. The quantitative estimate of drug-likeness (QED) is 0.634. The normalized spacial score (nSPS) is 15.3. The largest absolute Gasteiger partial charge is 0.486 e. The fourth-order valence-corrected chi connectivity index (χ4v) is 3.29. The number of benzene rings is 2. The van der Waals surface area contributed by atoms with Crippen LogP contribution in [-0.4, -0.2) is 50.1 Å². The summed E-state index contributed by atoms with van der Waals surface area (Å²) in [6.07, 6.45) is 1.77. The lowest BCUT2D eigenvalue weighted by molar-refractivity contribution is -0.123. The van der Waals surface area contributed by atoms with Crippen molar-refractivity contribution in [2.75, 3.05) is 33.5 Å². The van der Waals surface area contributed by atoms with Gasteiger partial charge in [0, 0.05) is 25.2 Å². The third-order valence-corrected chi connectivity index (χ3v) is 4.76. The van der Waals surface area contributed by atoms with E-state index in [9.17, 15) is 4.79 Å². The van der Waals surface area contributed by atoms with Crippen LogP contribution < -0.4 is 19.5 Å². The summed E-state index contributed by atoms with van der Waals surface area (Å²) in [5.74, 6) is 1.89. The Kier molecular flexibility index (Phi) is 5.86. The zero-order valence-corrected chi connectivity index (χ0v) is 16.3. The molecule has 0 radical (unpaired) electrons. The predicted octanol–water partition coefficient (Wildman–Crippen LogP) is 2.62. The average molecular weight is 396 g/mol. The van der Waals surface area contributed by atoms with Crippen molar-refractivity contribution in [2.24, 2.45) is 0 Å². The van der Waals surface area contributed by atoms with E-state index in [0.29, 0.717) is 31.3 Å². The molecule has 0 unspecified atom stereocenters. The van der Waals surface area contributed by atoms with Gasteiger partial charge in [-0.05, 0) is 30.3 Å². The maximum absolute atomic E-state index is 12.2. The lowest BCUT2D eigenvalue weighted by Gasteiger charge is -2.26. The van der Waals surface area contributed by atoms with E-state index in [1.165, 1.54) is 0 Å². The van der Waals surface area contributed by atoms with Crippen molar-refractivity contribution in [2.45, 2.75) is 12.6 Å². The first-order chi connectivity index (χ1) is 14.2. The number of para-hydroxylation sites is 2. The Morgan fingerprint density at radius 1 is 1.17 bits per heavy atom. The van der Waals surface area contributed by atoms with E-state index in [-0.39, 0.29) is 18.6 Å². The highest BCUT2D eigenvalue weighted by molar-refractivity contribution is 5.87. The Labute approximate surface area is 169 Å². The second kappa shape index (κ2) is 8.87. The van der Waals surface area contributed by atoms with Crippen LogP contribution >= 0.6 is 0 Å². The van der Waals surface area contributed by atoms with Crippen LogP contribution in [0.3, 0.4) is 0 Å². The number of carbonyl (C=O) groups is 1. The Balaban J connectivity index is 1.29. The van der Waals surface area contributed by atoms with Crippen LogP contribution in [0.1, 0.15) is 0 Å². The van der Waals surface area contributed by atoms with Crippen molar-refractivity contribution >= 4 is 16.8 Å². The molecular weight excluding hydrogens is 372 g/mol. The number of fused-ring (bicyclic) bond motifs is 2. The van der Waals surface area contributed by atoms with Crippen LogP contribution in [0.15, 0.2) is 54.7 Å². The molecule has 7 nitrogen and oxygen atoms in total. The monoisotopic (exact) mass is 396 g/mol. The Bertz CT molecular complexity index is 984. The summed E-state index contributed by atoms with van der Waals surface area (Å²) >= 11 is 0. The molecule has 0 saturated heterocycles. The molecule has 152 valence electrons. The molecule has 3 aromatic rings. The number of hydrogen-bond donors (Lipinski definition) is 1. The molecule has 0 spiro atoms.